The fourth-order valence-corrected chi connectivity index (χ4v) is 7.52. The number of nitrogens with one attached hydrogen (secondary N) is 6. The molecular weight excluding hydrogens is 937 g/mol. The molecule has 13 N–H and O–H groups in total. The maximum Gasteiger partial charge on any atom is 0.327 e. The van der Waals surface area contributed by atoms with Crippen molar-refractivity contribution in [1.82, 2.24) is 36.8 Å². The summed E-state index contributed by atoms with van der Waals surface area (Å²) < 4.78 is 5.81. The van der Waals surface area contributed by atoms with Gasteiger partial charge in [-0.25, -0.2) is 9.59 Å². The lowest BCUT2D eigenvalue weighted by Gasteiger charge is -2.28. The number of rotatable bonds is 16. The minimum absolute atomic E-state index is 0.00909. The normalized spacial score (nSPS) is 25.1. The largest absolute Gasteiger partial charge is 0.480 e. The number of carboxylic acid groups (broad SMARTS) is 2. The lowest BCUT2D eigenvalue weighted by molar-refractivity contribution is -0.146. The molecule has 0 bridgehead atoms. The lowest BCUT2D eigenvalue weighted by atomic mass is 9.94. The van der Waals surface area contributed by atoms with Crippen molar-refractivity contribution in [2.75, 3.05) is 27.3 Å². The predicted molar refractivity (Wildman–Crippen MR) is 266 cm³/mol. The van der Waals surface area contributed by atoms with Crippen LogP contribution in [-0.4, -0.2) is 149 Å². The summed E-state index contributed by atoms with van der Waals surface area (Å²) in [4.78, 5) is 126. The highest BCUT2D eigenvalue weighted by molar-refractivity contribution is 6.00. The molecule has 23 nitrogen and oxygen atoms in total. The Morgan fingerprint density at radius 1 is 0.847 bits per heavy atom. The maximum absolute atomic E-state index is 14.4. The fraction of sp³-hybridized carbons (Fsp3) is 0.551. The molecule has 1 aromatic carbocycles. The zero-order valence-electron chi connectivity index (χ0n) is 42.3. The van der Waals surface area contributed by atoms with Gasteiger partial charge < -0.3 is 68.3 Å². The van der Waals surface area contributed by atoms with Gasteiger partial charge in [-0.15, -0.1) is 0 Å². The molecule has 398 valence electrons. The summed E-state index contributed by atoms with van der Waals surface area (Å²) in [6.45, 7) is 12.4. The second-order valence-corrected chi connectivity index (χ2v) is 18.3. The van der Waals surface area contributed by atoms with Crippen molar-refractivity contribution in [2.24, 2.45) is 40.1 Å². The van der Waals surface area contributed by atoms with E-state index in [1.165, 1.54) is 19.9 Å². The van der Waals surface area contributed by atoms with E-state index in [2.05, 4.69) is 43.5 Å². The minimum atomic E-state index is -1.93. The van der Waals surface area contributed by atoms with Crippen molar-refractivity contribution in [3.8, 4) is 0 Å². The number of carboxylic acids is 2. The summed E-state index contributed by atoms with van der Waals surface area (Å²) in [5.74, 6) is -13.3. The van der Waals surface area contributed by atoms with Crippen molar-refractivity contribution in [1.29, 1.82) is 0 Å². The number of nitrogens with zero attached hydrogens (tertiary/aromatic N) is 2. The van der Waals surface area contributed by atoms with Crippen molar-refractivity contribution in [2.45, 2.75) is 122 Å². The van der Waals surface area contributed by atoms with Gasteiger partial charge in [-0.05, 0) is 50.5 Å². The van der Waals surface area contributed by atoms with Crippen LogP contribution in [0.2, 0.25) is 0 Å². The monoisotopic (exact) mass is 1010 g/mol. The number of aliphatic hydroxyl groups excluding tert-OH is 1. The Kier molecular flexibility index (Phi) is 25.3. The Bertz CT molecular complexity index is 2180. The number of carbonyl (C=O) groups is 9. The van der Waals surface area contributed by atoms with E-state index in [0.29, 0.717) is 12.0 Å². The van der Waals surface area contributed by atoms with Crippen LogP contribution in [0, 0.1) is 23.7 Å². The summed E-state index contributed by atoms with van der Waals surface area (Å²) in [6, 6.07) is 0.341. The van der Waals surface area contributed by atoms with Gasteiger partial charge in [0.1, 0.15) is 35.9 Å². The Labute approximate surface area is 420 Å². The number of hydrogen-bond donors (Lipinski definition) is 11. The second-order valence-electron chi connectivity index (χ2n) is 18.3. The smallest absolute Gasteiger partial charge is 0.327 e. The number of amides is 7. The van der Waals surface area contributed by atoms with E-state index in [-0.39, 0.29) is 49.7 Å². The second kappa shape index (κ2) is 29.9. The first kappa shape index (κ1) is 61.0. The van der Waals surface area contributed by atoms with Gasteiger partial charge in [0, 0.05) is 33.0 Å². The minimum Gasteiger partial charge on any atom is -0.480 e. The standard InChI is InChI=1S/C49H74N10O13/c1-26(2)22-36-45(66)58-40(48(70)71)30(6)42(63)54-34(16-13-21-52-49(50)51)44(65)53-33(18-17-27(3)23-28(4)38(72-9)24-32-14-11-10-12-15-32)29(5)41(62)55-35(47(68)69)19-20-39(61)59(8)31(7)43(64)57-37(25-60)46(67)56-36/h10-12,14-15,17-18,23,26,28-30,33-38,40,60H,7,13,16,19-22,24-25H2,1-6,8-9H3,(H,53,65)(H,54,63)(H,55,62)(H,56,67)(H,57,64)(H,58,66)(H,68,69)(H,70,71)(H4,50,51,52)/b18-17+,27-23+/t28-,29-,30-,33-,34-,35+,36-,37+,38-,40+/m0/s1. The highest BCUT2D eigenvalue weighted by Gasteiger charge is 2.38. The molecule has 1 saturated heterocycles. The van der Waals surface area contributed by atoms with Crippen LogP contribution < -0.4 is 43.4 Å². The van der Waals surface area contributed by atoms with E-state index in [1.54, 1.807) is 34.0 Å². The molecule has 1 aromatic rings. The first-order chi connectivity index (χ1) is 33.8. The van der Waals surface area contributed by atoms with Gasteiger partial charge in [0.05, 0.1) is 30.6 Å². The van der Waals surface area contributed by atoms with Gasteiger partial charge in [0.15, 0.2) is 5.96 Å². The molecule has 0 unspecified atom stereocenters. The molecule has 1 aliphatic heterocycles. The van der Waals surface area contributed by atoms with Gasteiger partial charge >= 0.3 is 11.9 Å². The third-order valence-corrected chi connectivity index (χ3v) is 12.0. The van der Waals surface area contributed by atoms with Crippen molar-refractivity contribution in [3.63, 3.8) is 0 Å². The van der Waals surface area contributed by atoms with Gasteiger partial charge in [0.2, 0.25) is 35.4 Å². The molecule has 1 fully saturated rings. The van der Waals surface area contributed by atoms with Crippen molar-refractivity contribution < 1.29 is 63.2 Å². The Morgan fingerprint density at radius 3 is 2.01 bits per heavy atom. The first-order valence-electron chi connectivity index (χ1n) is 23.6. The molecule has 0 aromatic heterocycles. The van der Waals surface area contributed by atoms with Crippen molar-refractivity contribution in [3.05, 3.63) is 72.0 Å². The van der Waals surface area contributed by atoms with E-state index in [0.717, 1.165) is 17.5 Å². The van der Waals surface area contributed by atoms with Crippen LogP contribution in [0.3, 0.4) is 0 Å². The van der Waals surface area contributed by atoms with E-state index >= 15 is 0 Å². The quantitative estimate of drug-likeness (QED) is 0.0330. The zero-order valence-corrected chi connectivity index (χ0v) is 42.3. The Balaban J connectivity index is 2.75. The number of aliphatic hydroxyl groups is 1. The summed E-state index contributed by atoms with van der Waals surface area (Å²) in [5.41, 5.74) is 12.3. The maximum atomic E-state index is 14.4. The van der Waals surface area contributed by atoms with Crippen LogP contribution in [0.4, 0.5) is 0 Å². The van der Waals surface area contributed by atoms with Crippen LogP contribution in [0.1, 0.15) is 79.2 Å². The fourth-order valence-electron chi connectivity index (χ4n) is 7.52. The van der Waals surface area contributed by atoms with Crippen LogP contribution >= 0.6 is 0 Å². The summed E-state index contributed by atoms with van der Waals surface area (Å²) >= 11 is 0. The van der Waals surface area contributed by atoms with E-state index in [4.69, 9.17) is 16.2 Å². The van der Waals surface area contributed by atoms with E-state index in [9.17, 15) is 58.5 Å². The molecule has 0 spiro atoms. The number of likely N-dealkylation sites (N-methyl/N-ethyl adjacent to an activating group) is 1. The van der Waals surface area contributed by atoms with Gasteiger partial charge in [-0.1, -0.05) is 95.3 Å². The number of aliphatic carboxylic acids is 2. The third-order valence-electron chi connectivity index (χ3n) is 12.0. The average Bonchev–Trinajstić information content (AvgIpc) is 3.32. The molecule has 2 rings (SSSR count). The highest BCUT2D eigenvalue weighted by atomic mass is 16.5. The van der Waals surface area contributed by atoms with Crippen LogP contribution in [0.25, 0.3) is 0 Å². The lowest BCUT2D eigenvalue weighted by Crippen LogP contribution is -2.59. The van der Waals surface area contributed by atoms with Crippen LogP contribution in [0.5, 0.6) is 0 Å². The summed E-state index contributed by atoms with van der Waals surface area (Å²) in [7, 11) is 2.76. The molecule has 72 heavy (non-hydrogen) atoms. The molecule has 23 heteroatoms. The summed E-state index contributed by atoms with van der Waals surface area (Å²) in [5, 5.41) is 45.2. The number of methoxy groups -OCH3 is 1. The number of aliphatic imine (C=N–C) groups is 1. The van der Waals surface area contributed by atoms with Gasteiger partial charge in [-0.2, -0.15) is 0 Å². The average molecular weight is 1010 g/mol. The van der Waals surface area contributed by atoms with E-state index in [1.807, 2.05) is 43.3 Å². The molecule has 7 amide bonds. The topological polar surface area (TPSA) is 363 Å². The number of ether oxygens (including phenoxy) is 1. The van der Waals surface area contributed by atoms with E-state index < -0.39 is 127 Å². The molecule has 1 heterocycles. The molecule has 0 aliphatic carbocycles. The SMILES string of the molecule is C=C1C(=O)N[C@H](CO)C(=O)N[C@@H](CC(C)C)C(=O)N[C@@H](C(=O)O)[C@H](C)C(=O)N[C@@H](CCCN=C(N)N)C(=O)N[C@@H](/C=C/C(C)=C/[C@H](C)[C@H](Cc2ccccc2)OC)[C@H](C)C(=O)N[C@@H](C(=O)O)CCC(=O)N1C. The number of allylic oxidation sites excluding steroid dienone is 2. The molecule has 10 atom stereocenters. The van der Waals surface area contributed by atoms with Crippen molar-refractivity contribution >= 4 is 59.2 Å². The highest BCUT2D eigenvalue weighted by Crippen LogP contribution is 2.19. The molecule has 1 aliphatic rings. The third kappa shape index (κ3) is 19.9. The predicted octanol–water partition coefficient (Wildman–Crippen LogP) is -0.409. The van der Waals surface area contributed by atoms with Crippen LogP contribution in [0.15, 0.2) is 71.4 Å². The first-order valence-corrected chi connectivity index (χ1v) is 23.6. The number of carbonyl (C=O) groups excluding carboxylic acids is 7. The van der Waals surface area contributed by atoms with Gasteiger partial charge in [0.25, 0.3) is 5.91 Å². The molecule has 0 saturated carbocycles. The number of nitrogens with two attached hydrogens (primary N) is 2. The molecular formula is C49H74N10O13. The zero-order chi connectivity index (χ0) is 54.4. The summed E-state index contributed by atoms with van der Waals surface area (Å²) in [6.07, 6.45) is 4.39. The Hall–Kier alpha value is -7.14. The number of guanidine groups is 1. The number of benzene rings is 1. The van der Waals surface area contributed by atoms with Crippen LogP contribution in [-0.2, 0) is 54.3 Å². The Morgan fingerprint density at radius 2 is 1.44 bits per heavy atom. The molecule has 0 radical (unpaired) electrons. The number of hydrogen-bond acceptors (Lipinski definition) is 12. The van der Waals surface area contributed by atoms with Gasteiger partial charge in [-0.3, -0.25) is 38.6 Å².